The van der Waals surface area contributed by atoms with Crippen molar-refractivity contribution < 1.29 is 32.7 Å². The fourth-order valence-corrected chi connectivity index (χ4v) is 10.0. The molecule has 2 saturated carbocycles. The highest BCUT2D eigenvalue weighted by molar-refractivity contribution is 8.00. The summed E-state index contributed by atoms with van der Waals surface area (Å²) in [6.07, 6.45) is 10.4. The number of allylic oxidation sites excluding steroid dienone is 1. The molecule has 2 aliphatic carbocycles. The molecule has 2 aromatic carbocycles. The topological polar surface area (TPSA) is 162 Å². The molecule has 0 radical (unpaired) electrons. The summed E-state index contributed by atoms with van der Waals surface area (Å²) in [4.78, 5) is 55.8. The molecule has 11 nitrogen and oxygen atoms in total. The number of amides is 4. The van der Waals surface area contributed by atoms with Gasteiger partial charge in [-0.25, -0.2) is 13.2 Å². The first-order chi connectivity index (χ1) is 24.5. The van der Waals surface area contributed by atoms with E-state index >= 15 is 0 Å². The first-order valence-electron chi connectivity index (χ1n) is 17.7. The number of carboxylic acid groups (broad SMARTS) is 1. The molecule has 4 N–H and O–H groups in total. The number of rotatable bonds is 9. The zero-order valence-electron chi connectivity index (χ0n) is 28.6. The second kappa shape index (κ2) is 15.2. The largest absolute Gasteiger partial charge is 0.465 e. The molecule has 0 aromatic heterocycles. The van der Waals surface area contributed by atoms with Crippen molar-refractivity contribution in [3.05, 3.63) is 85.0 Å². The Hall–Kier alpha value is -4.10. The molecule has 272 valence electrons. The van der Waals surface area contributed by atoms with Gasteiger partial charge in [0.25, 0.3) is 5.91 Å². The predicted molar refractivity (Wildman–Crippen MR) is 197 cm³/mol. The molecule has 4 aliphatic rings. The molecular weight excluding hydrogens is 689 g/mol. The first kappa shape index (κ1) is 36.7. The lowest BCUT2D eigenvalue weighted by Crippen LogP contribution is -2.58. The first-order valence-corrected chi connectivity index (χ1v) is 20.3. The number of fused-ring (bicyclic) bond motifs is 2. The molecule has 51 heavy (non-hydrogen) atoms. The van der Waals surface area contributed by atoms with E-state index in [1.165, 1.54) is 11.0 Å². The minimum atomic E-state index is -3.88. The molecule has 5 atom stereocenters. The van der Waals surface area contributed by atoms with Gasteiger partial charge in [-0.05, 0) is 61.6 Å². The summed E-state index contributed by atoms with van der Waals surface area (Å²) in [5.74, 6) is -1.79. The van der Waals surface area contributed by atoms with E-state index in [-0.39, 0.29) is 25.8 Å². The van der Waals surface area contributed by atoms with Gasteiger partial charge in [-0.3, -0.25) is 19.1 Å². The lowest BCUT2D eigenvalue weighted by atomic mass is 9.93. The number of thioether (sulfide) groups is 1. The van der Waals surface area contributed by atoms with Crippen LogP contribution in [0.5, 0.6) is 0 Å². The van der Waals surface area contributed by atoms with Crippen molar-refractivity contribution >= 4 is 45.6 Å². The number of carbonyl (C=O) groups excluding carboxylic acids is 3. The van der Waals surface area contributed by atoms with E-state index in [1.54, 1.807) is 11.8 Å². The van der Waals surface area contributed by atoms with E-state index in [9.17, 15) is 32.7 Å². The molecule has 6 rings (SSSR count). The van der Waals surface area contributed by atoms with Crippen LogP contribution in [0.2, 0.25) is 0 Å². The fraction of sp³-hybridized carbons (Fsp3) is 0.474. The van der Waals surface area contributed by atoms with Gasteiger partial charge in [0.1, 0.15) is 17.6 Å². The zero-order chi connectivity index (χ0) is 36.2. The molecule has 13 heteroatoms. The van der Waals surface area contributed by atoms with E-state index < -0.39 is 67.4 Å². The Kier molecular flexibility index (Phi) is 11.0. The van der Waals surface area contributed by atoms with Crippen molar-refractivity contribution in [2.45, 2.75) is 91.8 Å². The van der Waals surface area contributed by atoms with Crippen LogP contribution in [0.3, 0.4) is 0 Å². The van der Waals surface area contributed by atoms with Gasteiger partial charge in [0.05, 0.1) is 10.00 Å². The monoisotopic (exact) mass is 734 g/mol. The predicted octanol–water partition coefficient (Wildman–Crippen LogP) is 5.10. The summed E-state index contributed by atoms with van der Waals surface area (Å²) in [6.45, 7) is 3.93. The van der Waals surface area contributed by atoms with E-state index in [1.807, 2.05) is 54.6 Å². The highest BCUT2D eigenvalue weighted by Gasteiger charge is 2.62. The van der Waals surface area contributed by atoms with Crippen molar-refractivity contribution in [2.75, 3.05) is 12.3 Å². The Labute approximate surface area is 303 Å². The van der Waals surface area contributed by atoms with Gasteiger partial charge in [-0.15, -0.1) is 18.3 Å². The van der Waals surface area contributed by atoms with Crippen molar-refractivity contribution in [3.8, 4) is 11.1 Å². The van der Waals surface area contributed by atoms with Gasteiger partial charge in [0, 0.05) is 18.2 Å². The number of sulfonamides is 1. The number of hydrogen-bond donors (Lipinski definition) is 4. The number of benzene rings is 2. The third kappa shape index (κ3) is 8.19. The number of nitrogens with one attached hydrogen (secondary N) is 3. The van der Waals surface area contributed by atoms with Gasteiger partial charge in [0.15, 0.2) is 0 Å². The normalized spacial score (nSPS) is 29.1. The quantitative estimate of drug-likeness (QED) is 0.259. The molecule has 2 bridgehead atoms. The van der Waals surface area contributed by atoms with E-state index in [4.69, 9.17) is 0 Å². The van der Waals surface area contributed by atoms with E-state index in [2.05, 4.69) is 34.1 Å². The molecule has 2 heterocycles. The minimum absolute atomic E-state index is 0.130. The molecule has 4 amide bonds. The lowest BCUT2D eigenvalue weighted by molar-refractivity contribution is -0.141. The molecular formula is C38H46N4O7S2. The van der Waals surface area contributed by atoms with Gasteiger partial charge in [0.2, 0.25) is 21.8 Å². The van der Waals surface area contributed by atoms with Crippen LogP contribution in [-0.2, 0) is 29.2 Å². The summed E-state index contributed by atoms with van der Waals surface area (Å²) in [5.41, 5.74) is 1.46. The smallest absolute Gasteiger partial charge is 0.405 e. The number of carbonyl (C=O) groups is 4. The van der Waals surface area contributed by atoms with Crippen molar-refractivity contribution in [1.29, 1.82) is 0 Å². The van der Waals surface area contributed by atoms with E-state index in [0.29, 0.717) is 25.0 Å². The minimum Gasteiger partial charge on any atom is -0.465 e. The lowest BCUT2D eigenvalue weighted by Gasteiger charge is -2.31. The van der Waals surface area contributed by atoms with Crippen LogP contribution in [0.1, 0.15) is 69.8 Å². The maximum atomic E-state index is 14.5. The number of nitrogens with zero attached hydrogens (tertiary/aromatic N) is 1. The SMILES string of the molecule is C=C[C@@H]1C[C@]1(NC(=O)[C@@H]1C[C@@]2(c3ccc(-c4ccccc4)cc3)CN1C(=O)[C@@H](NC(=O)O)CCCCCC/C=C/CS2)C(=O)NS(=O)(=O)C1CC1. The Bertz CT molecular complexity index is 1780. The summed E-state index contributed by atoms with van der Waals surface area (Å²) in [5, 5.41) is 14.4. The van der Waals surface area contributed by atoms with Crippen LogP contribution in [0.25, 0.3) is 11.1 Å². The van der Waals surface area contributed by atoms with Gasteiger partial charge in [-0.2, -0.15) is 0 Å². The van der Waals surface area contributed by atoms with Gasteiger partial charge < -0.3 is 20.6 Å². The van der Waals surface area contributed by atoms with Crippen LogP contribution in [0, 0.1) is 5.92 Å². The average Bonchev–Trinajstić information content (AvgIpc) is 4.05. The molecule has 0 unspecified atom stereocenters. The molecule has 0 spiro atoms. The maximum Gasteiger partial charge on any atom is 0.405 e. The molecule has 2 aromatic rings. The molecule has 3 fully saturated rings. The Morgan fingerprint density at radius 2 is 1.63 bits per heavy atom. The highest BCUT2D eigenvalue weighted by atomic mass is 32.2. The third-order valence-corrected chi connectivity index (χ3v) is 13.8. The fourth-order valence-electron chi connectivity index (χ4n) is 7.32. The summed E-state index contributed by atoms with van der Waals surface area (Å²) in [7, 11) is -3.88. The maximum absolute atomic E-state index is 14.5. The second-order valence-electron chi connectivity index (χ2n) is 14.1. The Morgan fingerprint density at radius 3 is 2.29 bits per heavy atom. The summed E-state index contributed by atoms with van der Waals surface area (Å²) in [6, 6.07) is 15.9. The second-order valence-corrected chi connectivity index (χ2v) is 17.4. The summed E-state index contributed by atoms with van der Waals surface area (Å²) >= 11 is 1.63. The summed E-state index contributed by atoms with van der Waals surface area (Å²) < 4.78 is 26.9. The van der Waals surface area contributed by atoms with Gasteiger partial charge >= 0.3 is 6.09 Å². The average molecular weight is 735 g/mol. The van der Waals surface area contributed by atoms with Crippen LogP contribution in [-0.4, -0.2) is 77.4 Å². The highest BCUT2D eigenvalue weighted by Crippen LogP contribution is 2.50. The zero-order valence-corrected chi connectivity index (χ0v) is 30.2. The van der Waals surface area contributed by atoms with Crippen LogP contribution >= 0.6 is 11.8 Å². The Balaban J connectivity index is 1.36. The Morgan fingerprint density at radius 1 is 0.922 bits per heavy atom. The van der Waals surface area contributed by atoms with Crippen LogP contribution < -0.4 is 15.4 Å². The van der Waals surface area contributed by atoms with Crippen molar-refractivity contribution in [1.82, 2.24) is 20.3 Å². The molecule has 1 saturated heterocycles. The van der Waals surface area contributed by atoms with Gasteiger partial charge in [-0.1, -0.05) is 92.1 Å². The van der Waals surface area contributed by atoms with Crippen molar-refractivity contribution in [3.63, 3.8) is 0 Å². The molecule has 2 aliphatic heterocycles. The van der Waals surface area contributed by atoms with Crippen LogP contribution in [0.15, 0.2) is 79.4 Å². The van der Waals surface area contributed by atoms with Crippen LogP contribution in [0.4, 0.5) is 4.79 Å². The number of hydrogen-bond acceptors (Lipinski definition) is 7. The standard InChI is InChI=1S/C38H46N4O7S2/c1-2-28-23-38(28,35(45)41-51(48,49)30-20-21-30)40-33(43)32-24-37(29-18-16-27(17-19-29)26-13-9-8-10-14-26)25-42(32)34(44)31(39-36(46)47)15-11-6-4-3-5-7-12-22-50-37/h2,7-10,12-14,16-19,28,30-32,39H,1,3-6,11,15,20-25H2,(H,40,43)(H,41,45)(H,46,47)/b12-7+/t28-,31+,32+,37+,38-/m1/s1. The third-order valence-electron chi connectivity index (χ3n) is 10.5. The van der Waals surface area contributed by atoms with Crippen molar-refractivity contribution in [2.24, 2.45) is 5.92 Å². The van der Waals surface area contributed by atoms with E-state index in [0.717, 1.165) is 42.4 Å².